The van der Waals surface area contributed by atoms with E-state index in [-0.39, 0.29) is 12.6 Å². The third-order valence-electron chi connectivity index (χ3n) is 6.38. The number of benzene rings is 1. The number of pyridine rings is 1. The average molecular weight is 469 g/mol. The van der Waals surface area contributed by atoms with E-state index in [0.29, 0.717) is 29.0 Å². The summed E-state index contributed by atoms with van der Waals surface area (Å²) in [5.41, 5.74) is 1.45. The molecule has 4 heterocycles. The molecule has 1 unspecified atom stereocenters. The summed E-state index contributed by atoms with van der Waals surface area (Å²) in [6, 6.07) is 7.32. The van der Waals surface area contributed by atoms with Crippen molar-refractivity contribution in [1.29, 1.82) is 0 Å². The second-order valence-corrected chi connectivity index (χ2v) is 8.45. The molecule has 0 amide bonds. The van der Waals surface area contributed by atoms with Gasteiger partial charge < -0.3 is 24.6 Å². The fourth-order valence-corrected chi connectivity index (χ4v) is 4.46. The van der Waals surface area contributed by atoms with Crippen LogP contribution in [-0.2, 0) is 0 Å². The van der Waals surface area contributed by atoms with Crippen molar-refractivity contribution in [2.45, 2.75) is 24.9 Å². The number of ether oxygens (including phenoxy) is 2. The van der Waals surface area contributed by atoms with Gasteiger partial charge >= 0.3 is 0 Å². The van der Waals surface area contributed by atoms with Gasteiger partial charge in [0.2, 0.25) is 11.8 Å². The lowest BCUT2D eigenvalue weighted by Crippen LogP contribution is -2.39. The molecule has 0 spiro atoms. The zero-order chi connectivity index (χ0) is 23.7. The van der Waals surface area contributed by atoms with Crippen molar-refractivity contribution < 1.29 is 18.3 Å². The van der Waals surface area contributed by atoms with Gasteiger partial charge in [-0.15, -0.1) is 0 Å². The SMILES string of the molecule is COc1cc(N2CCC(Nc3ncc4c(n3)N(C)C(c3ccc(F)cc3F)CO4)CC2)ccn1. The van der Waals surface area contributed by atoms with E-state index in [1.165, 1.54) is 12.1 Å². The summed E-state index contributed by atoms with van der Waals surface area (Å²) >= 11 is 0. The van der Waals surface area contributed by atoms with Gasteiger partial charge in [-0.3, -0.25) is 0 Å². The van der Waals surface area contributed by atoms with Crippen molar-refractivity contribution in [3.05, 3.63) is 59.9 Å². The van der Waals surface area contributed by atoms with Gasteiger partial charge in [-0.2, -0.15) is 4.98 Å². The van der Waals surface area contributed by atoms with Gasteiger partial charge in [-0.25, -0.2) is 18.7 Å². The third-order valence-corrected chi connectivity index (χ3v) is 6.38. The molecular formula is C24H26F2N6O2. The summed E-state index contributed by atoms with van der Waals surface area (Å²) in [7, 11) is 3.44. The minimum Gasteiger partial charge on any atom is -0.486 e. The van der Waals surface area contributed by atoms with E-state index in [4.69, 9.17) is 9.47 Å². The molecule has 2 aliphatic heterocycles. The zero-order valence-electron chi connectivity index (χ0n) is 19.0. The van der Waals surface area contributed by atoms with Crippen LogP contribution in [-0.4, -0.2) is 54.8 Å². The smallest absolute Gasteiger partial charge is 0.225 e. The van der Waals surface area contributed by atoms with Crippen molar-refractivity contribution in [2.24, 2.45) is 0 Å². The minimum atomic E-state index is -0.607. The first-order chi connectivity index (χ1) is 16.5. The van der Waals surface area contributed by atoms with Gasteiger partial charge in [0.05, 0.1) is 19.3 Å². The molecule has 0 bridgehead atoms. The monoisotopic (exact) mass is 468 g/mol. The van der Waals surface area contributed by atoms with Crippen molar-refractivity contribution in [3.8, 4) is 11.6 Å². The molecule has 178 valence electrons. The Morgan fingerprint density at radius 1 is 1.12 bits per heavy atom. The second kappa shape index (κ2) is 9.28. The number of aromatic nitrogens is 3. The Morgan fingerprint density at radius 3 is 2.71 bits per heavy atom. The first-order valence-corrected chi connectivity index (χ1v) is 11.2. The maximum Gasteiger partial charge on any atom is 0.225 e. The van der Waals surface area contributed by atoms with Crippen LogP contribution in [0.5, 0.6) is 11.6 Å². The Bertz CT molecular complexity index is 1170. The fourth-order valence-electron chi connectivity index (χ4n) is 4.46. The molecule has 1 fully saturated rings. The maximum absolute atomic E-state index is 14.4. The average Bonchev–Trinajstić information content (AvgIpc) is 2.86. The first-order valence-electron chi connectivity index (χ1n) is 11.2. The van der Waals surface area contributed by atoms with E-state index in [9.17, 15) is 8.78 Å². The van der Waals surface area contributed by atoms with E-state index in [2.05, 4.69) is 25.2 Å². The predicted molar refractivity (Wildman–Crippen MR) is 125 cm³/mol. The van der Waals surface area contributed by atoms with E-state index < -0.39 is 17.7 Å². The van der Waals surface area contributed by atoms with Crippen LogP contribution in [0.25, 0.3) is 0 Å². The van der Waals surface area contributed by atoms with Crippen LogP contribution < -0.4 is 24.6 Å². The number of nitrogens with one attached hydrogen (secondary N) is 1. The molecule has 8 nitrogen and oxygen atoms in total. The van der Waals surface area contributed by atoms with Crippen LogP contribution in [0.15, 0.2) is 42.7 Å². The Kier molecular flexibility index (Phi) is 6.04. The van der Waals surface area contributed by atoms with E-state index >= 15 is 0 Å². The van der Waals surface area contributed by atoms with E-state index in [1.807, 2.05) is 24.1 Å². The van der Waals surface area contributed by atoms with Gasteiger partial charge in [0.1, 0.15) is 18.2 Å². The summed E-state index contributed by atoms with van der Waals surface area (Å²) in [4.78, 5) is 17.4. The number of hydrogen-bond donors (Lipinski definition) is 1. The normalized spacial score (nSPS) is 18.3. The van der Waals surface area contributed by atoms with Crippen LogP contribution >= 0.6 is 0 Å². The highest BCUT2D eigenvalue weighted by Gasteiger charge is 2.30. The maximum atomic E-state index is 14.4. The molecule has 5 rings (SSSR count). The molecule has 1 aromatic carbocycles. The number of methoxy groups -OCH3 is 1. The van der Waals surface area contributed by atoms with Crippen molar-refractivity contribution in [2.75, 3.05) is 49.0 Å². The summed E-state index contributed by atoms with van der Waals surface area (Å²) in [6.45, 7) is 1.98. The number of anilines is 3. The second-order valence-electron chi connectivity index (χ2n) is 8.45. The number of fused-ring (bicyclic) bond motifs is 1. The van der Waals surface area contributed by atoms with Gasteiger partial charge in [0.25, 0.3) is 0 Å². The molecular weight excluding hydrogens is 442 g/mol. The van der Waals surface area contributed by atoms with Crippen molar-refractivity contribution in [3.63, 3.8) is 0 Å². The molecule has 0 radical (unpaired) electrons. The summed E-state index contributed by atoms with van der Waals surface area (Å²) in [5, 5.41) is 3.43. The number of hydrogen-bond acceptors (Lipinski definition) is 8. The minimum absolute atomic E-state index is 0.221. The number of halogens is 2. The van der Waals surface area contributed by atoms with E-state index in [0.717, 1.165) is 37.7 Å². The highest BCUT2D eigenvalue weighted by atomic mass is 19.1. The van der Waals surface area contributed by atoms with Crippen LogP contribution in [0.2, 0.25) is 0 Å². The van der Waals surface area contributed by atoms with Crippen LogP contribution in [0, 0.1) is 11.6 Å². The summed E-state index contributed by atoms with van der Waals surface area (Å²) in [6.07, 6.45) is 5.22. The van der Waals surface area contributed by atoms with Gasteiger partial charge in [0, 0.05) is 55.8 Å². The van der Waals surface area contributed by atoms with Gasteiger partial charge in [-0.05, 0) is 25.0 Å². The highest BCUT2D eigenvalue weighted by Crippen LogP contribution is 2.38. The highest BCUT2D eigenvalue weighted by molar-refractivity contribution is 5.57. The van der Waals surface area contributed by atoms with Crippen molar-refractivity contribution in [1.82, 2.24) is 15.0 Å². The Balaban J connectivity index is 1.26. The molecule has 2 aliphatic rings. The first kappa shape index (κ1) is 22.1. The van der Waals surface area contributed by atoms with E-state index in [1.54, 1.807) is 19.5 Å². The lowest BCUT2D eigenvalue weighted by atomic mass is 10.0. The molecule has 1 N–H and O–H groups in total. The molecule has 10 heteroatoms. The molecule has 3 aromatic rings. The Hall–Kier alpha value is -3.69. The molecule has 0 aliphatic carbocycles. The lowest BCUT2D eigenvalue weighted by Gasteiger charge is -2.36. The number of nitrogens with zero attached hydrogens (tertiary/aromatic N) is 5. The molecule has 1 atom stereocenters. The fraction of sp³-hybridized carbons (Fsp3) is 0.375. The molecule has 0 saturated carbocycles. The van der Waals surface area contributed by atoms with Gasteiger partial charge in [-0.1, -0.05) is 6.07 Å². The van der Waals surface area contributed by atoms with Crippen molar-refractivity contribution >= 4 is 17.5 Å². The Labute approximate surface area is 196 Å². The molecule has 1 saturated heterocycles. The molecule has 34 heavy (non-hydrogen) atoms. The predicted octanol–water partition coefficient (Wildman–Crippen LogP) is 3.81. The largest absolute Gasteiger partial charge is 0.486 e. The number of piperidine rings is 1. The van der Waals surface area contributed by atoms with Gasteiger partial charge in [0.15, 0.2) is 11.6 Å². The topological polar surface area (TPSA) is 75.6 Å². The summed E-state index contributed by atoms with van der Waals surface area (Å²) < 4.78 is 38.8. The van der Waals surface area contributed by atoms with Crippen LogP contribution in [0.1, 0.15) is 24.4 Å². The Morgan fingerprint density at radius 2 is 1.94 bits per heavy atom. The zero-order valence-corrected chi connectivity index (χ0v) is 19.0. The molecule has 2 aromatic heterocycles. The third kappa shape index (κ3) is 4.40. The summed E-state index contributed by atoms with van der Waals surface area (Å²) in [5.74, 6) is 0.995. The number of likely N-dealkylation sites (N-methyl/N-ethyl adjacent to an activating group) is 1. The van der Waals surface area contributed by atoms with Crippen LogP contribution in [0.4, 0.5) is 26.2 Å². The number of rotatable bonds is 5. The quantitative estimate of drug-likeness (QED) is 0.606. The van der Waals surface area contributed by atoms with Crippen LogP contribution in [0.3, 0.4) is 0 Å². The lowest BCUT2D eigenvalue weighted by molar-refractivity contribution is 0.262. The standard InChI is InChI=1S/C24H26F2N6O2/c1-31-20(18-4-3-15(25)11-19(18)26)14-34-21-13-28-24(30-23(21)31)29-16-6-9-32(10-7-16)17-5-8-27-22(12-17)33-2/h3-5,8,11-13,16,20H,6-7,9-10,14H2,1-2H3,(H,28,29,30).